The van der Waals surface area contributed by atoms with Gasteiger partial charge in [0.05, 0.1) is 18.9 Å². The first-order valence-corrected chi connectivity index (χ1v) is 6.41. The molecule has 0 unspecified atom stereocenters. The van der Waals surface area contributed by atoms with Gasteiger partial charge in [0.2, 0.25) is 0 Å². The van der Waals surface area contributed by atoms with E-state index in [1.165, 1.54) is 0 Å². The van der Waals surface area contributed by atoms with Crippen molar-refractivity contribution in [2.75, 3.05) is 6.61 Å². The molecule has 0 saturated heterocycles. The highest BCUT2D eigenvalue weighted by Gasteiger charge is 2.06. The van der Waals surface area contributed by atoms with Gasteiger partial charge < -0.3 is 9.84 Å². The van der Waals surface area contributed by atoms with Crippen LogP contribution in [0.1, 0.15) is 18.2 Å². The van der Waals surface area contributed by atoms with Crippen LogP contribution < -0.4 is 4.74 Å². The first-order chi connectivity index (χ1) is 8.24. The smallest absolute Gasteiger partial charge is 0.123 e. The van der Waals surface area contributed by atoms with Crippen LogP contribution in [-0.4, -0.2) is 16.7 Å². The molecule has 2 rings (SSSR count). The number of aliphatic hydroxyl groups is 1. The number of ether oxygens (including phenoxy) is 1. The summed E-state index contributed by atoms with van der Waals surface area (Å²) in [6.07, 6.45) is 0. The summed E-state index contributed by atoms with van der Waals surface area (Å²) in [7, 11) is 0. The van der Waals surface area contributed by atoms with Gasteiger partial charge in [-0.1, -0.05) is 0 Å². The molecule has 0 aliphatic rings. The lowest BCUT2D eigenvalue weighted by Gasteiger charge is -2.07. The van der Waals surface area contributed by atoms with Crippen LogP contribution in [0.25, 0.3) is 10.6 Å². The van der Waals surface area contributed by atoms with Gasteiger partial charge in [-0.25, -0.2) is 4.98 Å². The lowest BCUT2D eigenvalue weighted by molar-refractivity contribution is 0.278. The second-order valence-electron chi connectivity index (χ2n) is 3.72. The molecular formula is C13H15NO2S. The monoisotopic (exact) mass is 249 g/mol. The predicted molar refractivity (Wildman–Crippen MR) is 69.4 cm³/mol. The van der Waals surface area contributed by atoms with Gasteiger partial charge in [0.15, 0.2) is 0 Å². The fraction of sp³-hybridized carbons (Fsp3) is 0.308. The summed E-state index contributed by atoms with van der Waals surface area (Å²) in [5.74, 6) is 0.912. The van der Waals surface area contributed by atoms with E-state index in [0.717, 1.165) is 27.6 Å². The van der Waals surface area contributed by atoms with Gasteiger partial charge in [-0.2, -0.15) is 0 Å². The molecule has 1 aromatic heterocycles. The van der Waals surface area contributed by atoms with Crippen molar-refractivity contribution in [2.24, 2.45) is 0 Å². The number of benzene rings is 1. The normalized spacial score (nSPS) is 10.5. The van der Waals surface area contributed by atoms with Crippen LogP contribution in [0.2, 0.25) is 0 Å². The van der Waals surface area contributed by atoms with Crippen LogP contribution in [0.5, 0.6) is 5.75 Å². The van der Waals surface area contributed by atoms with Crippen LogP contribution in [0.4, 0.5) is 0 Å². The highest BCUT2D eigenvalue weighted by atomic mass is 32.1. The quantitative estimate of drug-likeness (QED) is 0.905. The Labute approximate surface area is 105 Å². The maximum Gasteiger partial charge on any atom is 0.123 e. The Morgan fingerprint density at radius 1 is 1.41 bits per heavy atom. The van der Waals surface area contributed by atoms with Crippen LogP contribution in [0.3, 0.4) is 0 Å². The molecule has 0 fully saturated rings. The first-order valence-electron chi connectivity index (χ1n) is 5.53. The molecule has 3 nitrogen and oxygen atoms in total. The minimum absolute atomic E-state index is 0.00743. The maximum absolute atomic E-state index is 8.99. The van der Waals surface area contributed by atoms with E-state index in [1.54, 1.807) is 11.3 Å². The number of aliphatic hydroxyl groups excluding tert-OH is 1. The molecule has 0 amide bonds. The molecule has 1 heterocycles. The van der Waals surface area contributed by atoms with E-state index < -0.39 is 0 Å². The lowest BCUT2D eigenvalue weighted by atomic mass is 10.1. The van der Waals surface area contributed by atoms with E-state index in [0.29, 0.717) is 6.61 Å². The molecule has 90 valence electrons. The van der Waals surface area contributed by atoms with Crippen molar-refractivity contribution in [1.29, 1.82) is 0 Å². The Balaban J connectivity index is 2.30. The first kappa shape index (κ1) is 12.1. The van der Waals surface area contributed by atoms with E-state index in [-0.39, 0.29) is 6.61 Å². The van der Waals surface area contributed by atoms with Crippen molar-refractivity contribution in [3.63, 3.8) is 0 Å². The molecule has 4 heteroatoms. The van der Waals surface area contributed by atoms with Gasteiger partial charge in [-0.05, 0) is 37.6 Å². The van der Waals surface area contributed by atoms with Gasteiger partial charge >= 0.3 is 0 Å². The SMILES string of the molecule is CCOc1ccc(-c2nc(CO)cs2)cc1C. The highest BCUT2D eigenvalue weighted by Crippen LogP contribution is 2.28. The molecule has 17 heavy (non-hydrogen) atoms. The third-order valence-electron chi connectivity index (χ3n) is 2.44. The Morgan fingerprint density at radius 2 is 2.24 bits per heavy atom. The summed E-state index contributed by atoms with van der Waals surface area (Å²) in [4.78, 5) is 4.34. The molecule has 0 saturated carbocycles. The Kier molecular flexibility index (Phi) is 3.76. The van der Waals surface area contributed by atoms with Gasteiger partial charge in [-0.3, -0.25) is 0 Å². The molecule has 2 aromatic rings. The summed E-state index contributed by atoms with van der Waals surface area (Å²) in [6.45, 7) is 4.66. The second kappa shape index (κ2) is 5.29. The average molecular weight is 249 g/mol. The van der Waals surface area contributed by atoms with E-state index in [4.69, 9.17) is 9.84 Å². The van der Waals surface area contributed by atoms with Crippen LogP contribution in [0.15, 0.2) is 23.6 Å². The van der Waals surface area contributed by atoms with E-state index in [9.17, 15) is 0 Å². The van der Waals surface area contributed by atoms with Crippen molar-refractivity contribution < 1.29 is 9.84 Å². The fourth-order valence-electron chi connectivity index (χ4n) is 1.61. The molecule has 0 spiro atoms. The maximum atomic E-state index is 8.99. The number of aryl methyl sites for hydroxylation is 1. The standard InChI is InChI=1S/C13H15NO2S/c1-3-16-12-5-4-10(6-9(12)2)13-14-11(7-15)8-17-13/h4-6,8,15H,3,7H2,1-2H3. The van der Waals surface area contributed by atoms with Gasteiger partial charge in [0.1, 0.15) is 10.8 Å². The number of rotatable bonds is 4. The number of hydrogen-bond donors (Lipinski definition) is 1. The van der Waals surface area contributed by atoms with Crippen LogP contribution in [0, 0.1) is 6.92 Å². The van der Waals surface area contributed by atoms with Crippen LogP contribution in [-0.2, 0) is 6.61 Å². The Morgan fingerprint density at radius 3 is 2.82 bits per heavy atom. The zero-order valence-corrected chi connectivity index (χ0v) is 10.8. The molecule has 1 N–H and O–H groups in total. The summed E-state index contributed by atoms with van der Waals surface area (Å²) < 4.78 is 5.50. The van der Waals surface area contributed by atoms with E-state index >= 15 is 0 Å². The number of aromatic nitrogens is 1. The highest BCUT2D eigenvalue weighted by molar-refractivity contribution is 7.13. The third kappa shape index (κ3) is 2.65. The Bertz CT molecular complexity index is 508. The lowest BCUT2D eigenvalue weighted by Crippen LogP contribution is -1.94. The largest absolute Gasteiger partial charge is 0.494 e. The molecular weight excluding hydrogens is 234 g/mol. The molecule has 1 aromatic carbocycles. The van der Waals surface area contributed by atoms with Crippen molar-refractivity contribution >= 4 is 11.3 Å². The fourth-order valence-corrected chi connectivity index (χ4v) is 2.42. The van der Waals surface area contributed by atoms with Gasteiger partial charge in [0, 0.05) is 10.9 Å². The summed E-state index contributed by atoms with van der Waals surface area (Å²) in [6, 6.07) is 6.02. The zero-order chi connectivity index (χ0) is 12.3. The molecule has 0 bridgehead atoms. The number of thiazole rings is 1. The van der Waals surface area contributed by atoms with Crippen molar-refractivity contribution in [2.45, 2.75) is 20.5 Å². The van der Waals surface area contributed by atoms with E-state index in [1.807, 2.05) is 31.4 Å². The number of nitrogens with zero attached hydrogens (tertiary/aromatic N) is 1. The minimum Gasteiger partial charge on any atom is -0.494 e. The summed E-state index contributed by atoms with van der Waals surface area (Å²) in [5.41, 5.74) is 2.89. The predicted octanol–water partition coefficient (Wildman–Crippen LogP) is 3.01. The van der Waals surface area contributed by atoms with Gasteiger partial charge in [0.25, 0.3) is 0 Å². The molecule has 0 aliphatic carbocycles. The van der Waals surface area contributed by atoms with Gasteiger partial charge in [-0.15, -0.1) is 11.3 Å². The van der Waals surface area contributed by atoms with Crippen molar-refractivity contribution in [3.8, 4) is 16.3 Å². The molecule has 0 aliphatic heterocycles. The van der Waals surface area contributed by atoms with Crippen LogP contribution >= 0.6 is 11.3 Å². The minimum atomic E-state index is -0.00743. The van der Waals surface area contributed by atoms with E-state index in [2.05, 4.69) is 11.1 Å². The second-order valence-corrected chi connectivity index (χ2v) is 4.57. The van der Waals surface area contributed by atoms with Crippen molar-refractivity contribution in [1.82, 2.24) is 4.98 Å². The number of hydrogen-bond acceptors (Lipinski definition) is 4. The molecule has 0 atom stereocenters. The third-order valence-corrected chi connectivity index (χ3v) is 3.38. The summed E-state index contributed by atoms with van der Waals surface area (Å²) in [5, 5.41) is 11.8. The summed E-state index contributed by atoms with van der Waals surface area (Å²) >= 11 is 1.54. The topological polar surface area (TPSA) is 42.4 Å². The zero-order valence-electron chi connectivity index (χ0n) is 9.93. The Hall–Kier alpha value is -1.39. The van der Waals surface area contributed by atoms with Crippen molar-refractivity contribution in [3.05, 3.63) is 34.8 Å². The average Bonchev–Trinajstić information content (AvgIpc) is 2.80. The molecule has 0 radical (unpaired) electrons.